The van der Waals surface area contributed by atoms with Crippen molar-refractivity contribution in [1.82, 2.24) is 10.6 Å². The van der Waals surface area contributed by atoms with E-state index in [1.807, 2.05) is 30.3 Å². The Morgan fingerprint density at radius 1 is 1.21 bits per heavy atom. The van der Waals surface area contributed by atoms with E-state index in [1.165, 1.54) is 6.92 Å². The monoisotopic (exact) mass is 264 g/mol. The topological polar surface area (TPSA) is 78.4 Å². The van der Waals surface area contributed by atoms with Gasteiger partial charge in [0.1, 0.15) is 0 Å². The van der Waals surface area contributed by atoms with Gasteiger partial charge in [0.15, 0.2) is 0 Å². The molecular weight excluding hydrogens is 244 g/mol. The van der Waals surface area contributed by atoms with Crippen molar-refractivity contribution in [2.45, 2.75) is 32.4 Å². The summed E-state index contributed by atoms with van der Waals surface area (Å²) in [4.78, 5) is 23.0. The molecule has 1 aromatic rings. The number of carbonyl (C=O) groups is 2. The second-order valence-corrected chi connectivity index (χ2v) is 4.52. The summed E-state index contributed by atoms with van der Waals surface area (Å²) in [7, 11) is 0. The molecule has 1 aromatic carbocycles. The van der Waals surface area contributed by atoms with Crippen molar-refractivity contribution in [2.24, 2.45) is 0 Å². The molecule has 3 N–H and O–H groups in total. The maximum atomic E-state index is 11.8. The molecule has 2 unspecified atom stereocenters. The van der Waals surface area contributed by atoms with Gasteiger partial charge < -0.3 is 15.7 Å². The number of amides is 2. The lowest BCUT2D eigenvalue weighted by molar-refractivity contribution is -0.123. The quantitative estimate of drug-likeness (QED) is 0.709. The first-order valence-electron chi connectivity index (χ1n) is 6.25. The van der Waals surface area contributed by atoms with E-state index in [2.05, 4.69) is 10.6 Å². The van der Waals surface area contributed by atoms with Gasteiger partial charge in [-0.15, -0.1) is 0 Å². The van der Waals surface area contributed by atoms with Gasteiger partial charge in [-0.25, -0.2) is 0 Å². The van der Waals surface area contributed by atoms with E-state index in [1.54, 1.807) is 6.92 Å². The first-order valence-corrected chi connectivity index (χ1v) is 6.25. The SMILES string of the molecule is CC(=O)NC(CC(=O)NC(C)CO)c1ccccc1. The van der Waals surface area contributed by atoms with Crippen molar-refractivity contribution < 1.29 is 14.7 Å². The summed E-state index contributed by atoms with van der Waals surface area (Å²) in [5.74, 6) is -0.388. The van der Waals surface area contributed by atoms with Crippen LogP contribution in [0, 0.1) is 0 Å². The van der Waals surface area contributed by atoms with E-state index < -0.39 is 0 Å². The largest absolute Gasteiger partial charge is 0.394 e. The van der Waals surface area contributed by atoms with E-state index in [-0.39, 0.29) is 36.9 Å². The van der Waals surface area contributed by atoms with Gasteiger partial charge in [0.2, 0.25) is 11.8 Å². The molecule has 0 fully saturated rings. The smallest absolute Gasteiger partial charge is 0.222 e. The Hall–Kier alpha value is -1.88. The summed E-state index contributed by atoms with van der Waals surface area (Å²) < 4.78 is 0. The number of benzene rings is 1. The highest BCUT2D eigenvalue weighted by Crippen LogP contribution is 2.16. The summed E-state index contributed by atoms with van der Waals surface area (Å²) >= 11 is 0. The van der Waals surface area contributed by atoms with Gasteiger partial charge in [-0.2, -0.15) is 0 Å². The molecule has 0 spiro atoms. The molecule has 19 heavy (non-hydrogen) atoms. The van der Waals surface area contributed by atoms with E-state index in [9.17, 15) is 9.59 Å². The molecule has 104 valence electrons. The summed E-state index contributed by atoms with van der Waals surface area (Å²) in [5, 5.41) is 14.3. The number of aliphatic hydroxyl groups excluding tert-OH is 1. The first-order chi connectivity index (χ1) is 9.02. The molecule has 0 aliphatic heterocycles. The minimum Gasteiger partial charge on any atom is -0.394 e. The molecule has 0 saturated heterocycles. The van der Waals surface area contributed by atoms with Gasteiger partial charge in [0, 0.05) is 13.0 Å². The zero-order valence-corrected chi connectivity index (χ0v) is 11.2. The van der Waals surface area contributed by atoms with Crippen LogP contribution in [0.5, 0.6) is 0 Å². The predicted molar refractivity (Wildman–Crippen MR) is 72.3 cm³/mol. The molecule has 0 aromatic heterocycles. The van der Waals surface area contributed by atoms with Gasteiger partial charge in [0.05, 0.1) is 19.1 Å². The molecule has 0 aliphatic carbocycles. The molecule has 0 saturated carbocycles. The minimum absolute atomic E-state index is 0.109. The zero-order chi connectivity index (χ0) is 14.3. The van der Waals surface area contributed by atoms with Crippen molar-refractivity contribution in [1.29, 1.82) is 0 Å². The van der Waals surface area contributed by atoms with E-state index in [0.29, 0.717) is 0 Å². The maximum absolute atomic E-state index is 11.8. The molecule has 0 aliphatic rings. The molecule has 2 atom stereocenters. The van der Waals surface area contributed by atoms with Crippen LogP contribution in [0.3, 0.4) is 0 Å². The van der Waals surface area contributed by atoms with Gasteiger partial charge in [-0.3, -0.25) is 9.59 Å². The Morgan fingerprint density at radius 3 is 2.37 bits per heavy atom. The van der Waals surface area contributed by atoms with E-state index in [0.717, 1.165) is 5.56 Å². The number of hydrogen-bond donors (Lipinski definition) is 3. The van der Waals surface area contributed by atoms with Crippen LogP contribution < -0.4 is 10.6 Å². The average molecular weight is 264 g/mol. The van der Waals surface area contributed by atoms with Crippen LogP contribution >= 0.6 is 0 Å². The number of carbonyl (C=O) groups excluding carboxylic acids is 2. The zero-order valence-electron chi connectivity index (χ0n) is 11.2. The van der Waals surface area contributed by atoms with Crippen molar-refractivity contribution in [3.8, 4) is 0 Å². The van der Waals surface area contributed by atoms with Gasteiger partial charge in [-0.1, -0.05) is 30.3 Å². The molecule has 1 rings (SSSR count). The molecule has 0 heterocycles. The lowest BCUT2D eigenvalue weighted by Crippen LogP contribution is -2.38. The second kappa shape index (κ2) is 7.53. The Morgan fingerprint density at radius 2 is 1.84 bits per heavy atom. The van der Waals surface area contributed by atoms with Crippen LogP contribution in [-0.2, 0) is 9.59 Å². The maximum Gasteiger partial charge on any atom is 0.222 e. The molecule has 2 amide bonds. The Labute approximate surface area is 113 Å². The minimum atomic E-state index is -0.357. The van der Waals surface area contributed by atoms with Crippen LogP contribution in [0.1, 0.15) is 31.9 Å². The summed E-state index contributed by atoms with van der Waals surface area (Å²) in [6.07, 6.45) is 0.147. The van der Waals surface area contributed by atoms with Crippen LogP contribution in [-0.4, -0.2) is 29.6 Å². The third kappa shape index (κ3) is 5.52. The molecule has 5 nitrogen and oxygen atoms in total. The Balaban J connectivity index is 2.70. The number of hydrogen-bond acceptors (Lipinski definition) is 3. The van der Waals surface area contributed by atoms with Crippen LogP contribution in [0.15, 0.2) is 30.3 Å². The van der Waals surface area contributed by atoms with Crippen molar-refractivity contribution >= 4 is 11.8 Å². The molecule has 0 radical (unpaired) electrons. The van der Waals surface area contributed by atoms with Gasteiger partial charge >= 0.3 is 0 Å². The van der Waals surface area contributed by atoms with Crippen molar-refractivity contribution in [3.63, 3.8) is 0 Å². The van der Waals surface area contributed by atoms with Crippen molar-refractivity contribution in [2.75, 3.05) is 6.61 Å². The Kier molecular flexibility index (Phi) is 6.02. The van der Waals surface area contributed by atoms with Crippen LogP contribution in [0.4, 0.5) is 0 Å². The van der Waals surface area contributed by atoms with Gasteiger partial charge in [-0.05, 0) is 12.5 Å². The molecule has 5 heteroatoms. The molecular formula is C14H20N2O3. The average Bonchev–Trinajstić information content (AvgIpc) is 2.38. The van der Waals surface area contributed by atoms with E-state index in [4.69, 9.17) is 5.11 Å². The number of aliphatic hydroxyl groups is 1. The summed E-state index contributed by atoms with van der Waals surface area (Å²) in [6, 6.07) is 8.68. The lowest BCUT2D eigenvalue weighted by atomic mass is 10.0. The summed E-state index contributed by atoms with van der Waals surface area (Å²) in [5.41, 5.74) is 0.879. The third-order valence-electron chi connectivity index (χ3n) is 2.65. The normalized spacial score (nSPS) is 13.4. The summed E-state index contributed by atoms with van der Waals surface area (Å²) in [6.45, 7) is 3.03. The highest BCUT2D eigenvalue weighted by molar-refractivity contribution is 5.79. The number of rotatable bonds is 6. The third-order valence-corrected chi connectivity index (χ3v) is 2.65. The highest BCUT2D eigenvalue weighted by Gasteiger charge is 2.17. The van der Waals surface area contributed by atoms with Crippen molar-refractivity contribution in [3.05, 3.63) is 35.9 Å². The lowest BCUT2D eigenvalue weighted by Gasteiger charge is -2.19. The molecule has 0 bridgehead atoms. The fourth-order valence-corrected chi connectivity index (χ4v) is 1.75. The van der Waals surface area contributed by atoms with E-state index >= 15 is 0 Å². The first kappa shape index (κ1) is 15.2. The predicted octanol–water partition coefficient (Wildman–Crippen LogP) is 0.751. The Bertz CT molecular complexity index is 420. The standard InChI is InChI=1S/C14H20N2O3/c1-10(9-17)15-14(19)8-13(16-11(2)18)12-6-4-3-5-7-12/h3-7,10,13,17H,8-9H2,1-2H3,(H,15,19)(H,16,18). The fourth-order valence-electron chi connectivity index (χ4n) is 1.75. The number of nitrogens with one attached hydrogen (secondary N) is 2. The fraction of sp³-hybridized carbons (Fsp3) is 0.429. The van der Waals surface area contributed by atoms with Crippen LogP contribution in [0.25, 0.3) is 0 Å². The van der Waals surface area contributed by atoms with Gasteiger partial charge in [0.25, 0.3) is 0 Å². The highest BCUT2D eigenvalue weighted by atomic mass is 16.3. The van der Waals surface area contributed by atoms with Crippen LogP contribution in [0.2, 0.25) is 0 Å². The second-order valence-electron chi connectivity index (χ2n) is 4.52.